The molecule has 0 spiro atoms. The fraction of sp³-hybridized carbons (Fsp3) is 0.833. The molecule has 0 aromatic heterocycles. The van der Waals surface area contributed by atoms with E-state index in [0.717, 1.165) is 0 Å². The van der Waals surface area contributed by atoms with E-state index in [2.05, 4.69) is 4.74 Å². The van der Waals surface area contributed by atoms with Crippen molar-refractivity contribution in [3.05, 3.63) is 0 Å². The first-order valence-electron chi connectivity index (χ1n) is 7.06. The van der Waals surface area contributed by atoms with E-state index < -0.39 is 69.4 Å². The first-order valence-corrected chi connectivity index (χ1v) is 8.47. The number of alkyl halides is 5. The smallest absolute Gasteiger partial charge is 0.432 e. The first-order chi connectivity index (χ1) is 11.2. The molecule has 13 heteroatoms. The zero-order valence-corrected chi connectivity index (χ0v) is 12.9. The van der Waals surface area contributed by atoms with Gasteiger partial charge in [0.2, 0.25) is 0 Å². The second kappa shape index (κ2) is 5.25. The van der Waals surface area contributed by atoms with Gasteiger partial charge in [-0.15, -0.1) is 0 Å². The van der Waals surface area contributed by atoms with Crippen LogP contribution in [0.5, 0.6) is 0 Å². The highest BCUT2D eigenvalue weighted by atomic mass is 32.2. The van der Waals surface area contributed by atoms with Crippen LogP contribution in [0.1, 0.15) is 12.8 Å². The summed E-state index contributed by atoms with van der Waals surface area (Å²) >= 11 is 0. The lowest BCUT2D eigenvalue weighted by Gasteiger charge is -2.32. The lowest BCUT2D eigenvalue weighted by molar-refractivity contribution is -0.261. The Morgan fingerprint density at radius 2 is 1.84 bits per heavy atom. The Bertz CT molecular complexity index is 716. The van der Waals surface area contributed by atoms with Gasteiger partial charge in [-0.25, -0.2) is 8.42 Å². The van der Waals surface area contributed by atoms with Gasteiger partial charge in [0.15, 0.2) is 10.1 Å². The fourth-order valence-corrected chi connectivity index (χ4v) is 4.42. The highest BCUT2D eigenvalue weighted by Gasteiger charge is 2.67. The largest absolute Gasteiger partial charge is 0.743 e. The number of fused-ring (bicyclic) bond motifs is 1. The van der Waals surface area contributed by atoms with Crippen LogP contribution in [0.4, 0.5) is 22.0 Å². The predicted molar refractivity (Wildman–Crippen MR) is 63.7 cm³/mol. The van der Waals surface area contributed by atoms with Crippen LogP contribution in [0.25, 0.3) is 0 Å². The summed E-state index contributed by atoms with van der Waals surface area (Å²) in [7, 11) is -6.76. The van der Waals surface area contributed by atoms with Gasteiger partial charge in [0.05, 0.1) is 11.8 Å². The monoisotopic (exact) mass is 393 g/mol. The third-order valence-electron chi connectivity index (χ3n) is 4.93. The number of halogens is 5. The second-order valence-electron chi connectivity index (χ2n) is 6.30. The second-order valence-corrected chi connectivity index (χ2v) is 7.75. The molecule has 25 heavy (non-hydrogen) atoms. The molecular formula is C12H10F5O7S-. The van der Waals surface area contributed by atoms with Crippen molar-refractivity contribution >= 4 is 22.1 Å². The Balaban J connectivity index is 1.86. The van der Waals surface area contributed by atoms with Gasteiger partial charge in [0.1, 0.15) is 6.10 Å². The molecule has 0 aromatic rings. The minimum atomic E-state index is -6.76. The van der Waals surface area contributed by atoms with Crippen LogP contribution < -0.4 is 0 Å². The van der Waals surface area contributed by atoms with Gasteiger partial charge in [-0.1, -0.05) is 0 Å². The van der Waals surface area contributed by atoms with E-state index in [9.17, 15) is 44.5 Å². The molecule has 6 unspecified atom stereocenters. The van der Waals surface area contributed by atoms with Crippen LogP contribution in [0.2, 0.25) is 0 Å². The minimum Gasteiger partial charge on any atom is -0.743 e. The van der Waals surface area contributed by atoms with Crippen molar-refractivity contribution in [1.82, 2.24) is 0 Å². The lowest BCUT2D eigenvalue weighted by Crippen LogP contribution is -2.53. The molecule has 1 saturated heterocycles. The zero-order valence-electron chi connectivity index (χ0n) is 12.0. The van der Waals surface area contributed by atoms with Crippen molar-refractivity contribution in [1.29, 1.82) is 0 Å². The molecular weight excluding hydrogens is 383 g/mol. The Morgan fingerprint density at radius 1 is 1.24 bits per heavy atom. The molecule has 1 aliphatic heterocycles. The number of carbonyl (C=O) groups excluding carboxylic acids is 2. The van der Waals surface area contributed by atoms with E-state index in [1.165, 1.54) is 0 Å². The maximum atomic E-state index is 13.4. The molecule has 3 rings (SSSR count). The molecule has 142 valence electrons. The van der Waals surface area contributed by atoms with Crippen LogP contribution in [-0.4, -0.2) is 48.5 Å². The summed E-state index contributed by atoms with van der Waals surface area (Å²) < 4.78 is 105. The van der Waals surface area contributed by atoms with Crippen LogP contribution in [-0.2, 0) is 29.2 Å². The number of hydrogen-bond acceptors (Lipinski definition) is 7. The Morgan fingerprint density at radius 3 is 2.36 bits per heavy atom. The molecule has 0 radical (unpaired) electrons. The first kappa shape index (κ1) is 18.3. The van der Waals surface area contributed by atoms with Crippen molar-refractivity contribution < 1.29 is 54.0 Å². The van der Waals surface area contributed by atoms with Crippen molar-refractivity contribution in [3.63, 3.8) is 0 Å². The molecule has 2 saturated carbocycles. The molecule has 0 aromatic carbocycles. The van der Waals surface area contributed by atoms with E-state index in [1.54, 1.807) is 0 Å². The Kier molecular flexibility index (Phi) is 3.84. The van der Waals surface area contributed by atoms with Crippen molar-refractivity contribution in [2.75, 3.05) is 0 Å². The average Bonchev–Trinajstić information content (AvgIpc) is 3.02. The highest BCUT2D eigenvalue weighted by Crippen LogP contribution is 2.58. The quantitative estimate of drug-likeness (QED) is 0.395. The Hall–Kier alpha value is -1.50. The van der Waals surface area contributed by atoms with E-state index in [1.807, 2.05) is 0 Å². The number of esters is 2. The Labute approximate surface area is 137 Å². The normalized spacial score (nSPS) is 35.6. The van der Waals surface area contributed by atoms with Gasteiger partial charge in [0, 0.05) is 5.92 Å². The number of carbonyl (C=O) groups is 2. The summed E-state index contributed by atoms with van der Waals surface area (Å²) in [4.78, 5) is 23.7. The minimum absolute atomic E-state index is 0.180. The van der Waals surface area contributed by atoms with Crippen LogP contribution >= 0.6 is 0 Å². The third-order valence-corrected chi connectivity index (χ3v) is 5.81. The molecule has 1 heterocycles. The third kappa shape index (κ3) is 2.67. The fourth-order valence-electron chi connectivity index (χ4n) is 3.98. The van der Waals surface area contributed by atoms with Crippen molar-refractivity contribution in [3.8, 4) is 0 Å². The van der Waals surface area contributed by atoms with E-state index in [-0.39, 0.29) is 12.8 Å². The molecule has 7 nitrogen and oxygen atoms in total. The lowest BCUT2D eigenvalue weighted by atomic mass is 9.80. The summed E-state index contributed by atoms with van der Waals surface area (Å²) in [6.07, 6.45) is -10.5. The van der Waals surface area contributed by atoms with Crippen LogP contribution in [0.15, 0.2) is 0 Å². The van der Waals surface area contributed by atoms with Gasteiger partial charge in [-0.2, -0.15) is 22.0 Å². The number of ether oxygens (including phenoxy) is 2. The van der Waals surface area contributed by atoms with Crippen LogP contribution in [0.3, 0.4) is 0 Å². The highest BCUT2D eigenvalue weighted by molar-refractivity contribution is 7.86. The summed E-state index contributed by atoms with van der Waals surface area (Å²) in [5.41, 5.74) is 0. The van der Waals surface area contributed by atoms with Gasteiger partial charge in [0.25, 0.3) is 6.10 Å². The molecule has 0 N–H and O–H groups in total. The SMILES string of the molecule is O=C(OC(C(F)(F)F)C(F)(F)S(=O)(=O)[O-])C1C2CC3OC(=O)C1C3C2. The molecule has 2 bridgehead atoms. The van der Waals surface area contributed by atoms with Crippen molar-refractivity contribution in [2.24, 2.45) is 23.7 Å². The molecule has 3 fully saturated rings. The summed E-state index contributed by atoms with van der Waals surface area (Å²) in [5, 5.41) is -5.91. The number of rotatable bonds is 4. The summed E-state index contributed by atoms with van der Waals surface area (Å²) in [5.74, 6) is -6.17. The molecule has 6 atom stereocenters. The summed E-state index contributed by atoms with van der Waals surface area (Å²) in [6.45, 7) is 0. The van der Waals surface area contributed by atoms with E-state index >= 15 is 0 Å². The van der Waals surface area contributed by atoms with Crippen molar-refractivity contribution in [2.45, 2.75) is 36.5 Å². The maximum Gasteiger partial charge on any atom is 0.432 e. The van der Waals surface area contributed by atoms with Gasteiger partial charge < -0.3 is 14.0 Å². The summed E-state index contributed by atoms with van der Waals surface area (Å²) in [6, 6.07) is 0. The predicted octanol–water partition coefficient (Wildman–Crippen LogP) is 0.796. The van der Waals surface area contributed by atoms with Gasteiger partial charge >= 0.3 is 23.4 Å². The number of hydrogen-bond donors (Lipinski definition) is 0. The maximum absolute atomic E-state index is 13.4. The van der Waals surface area contributed by atoms with Gasteiger partial charge in [-0.05, 0) is 18.8 Å². The van der Waals surface area contributed by atoms with Gasteiger partial charge in [-0.3, -0.25) is 9.59 Å². The zero-order chi connectivity index (χ0) is 18.9. The standard InChI is InChI=1S/C12H11F5O7S/c13-11(14,15)10(12(16,17)25(20,21)22)24-8(18)6-3-1-4-5(2-3)23-9(19)7(4)6/h3-7,10H,1-2H2,(H,20,21,22)/p-1. The van der Waals surface area contributed by atoms with E-state index in [0.29, 0.717) is 0 Å². The molecule has 0 amide bonds. The average molecular weight is 393 g/mol. The topological polar surface area (TPSA) is 110 Å². The van der Waals surface area contributed by atoms with Crippen LogP contribution in [0, 0.1) is 23.7 Å². The molecule has 2 aliphatic carbocycles. The molecule has 3 aliphatic rings. The van der Waals surface area contributed by atoms with E-state index in [4.69, 9.17) is 4.74 Å².